The molecule has 3 rings (SSSR count). The molecule has 2 aromatic rings. The highest BCUT2D eigenvalue weighted by molar-refractivity contribution is 5.84. The molecule has 1 amide bonds. The predicted octanol–water partition coefficient (Wildman–Crippen LogP) is 3.61. The SMILES string of the molecule is CC(C)(Oc1ccc(-c2ccc(N3CCCCC3)cc2)cc1)C(=O)NCCO. The Morgan fingerprint density at radius 2 is 1.57 bits per heavy atom. The van der Waals surface area contributed by atoms with Crippen LogP contribution in [0.3, 0.4) is 0 Å². The van der Waals surface area contributed by atoms with E-state index < -0.39 is 5.60 Å². The van der Waals surface area contributed by atoms with Crippen molar-refractivity contribution in [3.8, 4) is 16.9 Å². The summed E-state index contributed by atoms with van der Waals surface area (Å²) < 4.78 is 5.85. The second-order valence-electron chi connectivity index (χ2n) is 7.71. The van der Waals surface area contributed by atoms with E-state index >= 15 is 0 Å². The minimum Gasteiger partial charge on any atom is -0.478 e. The molecule has 1 aliphatic rings. The molecule has 0 spiro atoms. The summed E-state index contributed by atoms with van der Waals surface area (Å²) in [5.41, 5.74) is 2.55. The van der Waals surface area contributed by atoms with Crippen molar-refractivity contribution < 1.29 is 14.6 Å². The van der Waals surface area contributed by atoms with Gasteiger partial charge in [0.1, 0.15) is 5.75 Å². The number of rotatable bonds is 7. The van der Waals surface area contributed by atoms with E-state index in [4.69, 9.17) is 9.84 Å². The van der Waals surface area contributed by atoms with Crippen molar-refractivity contribution in [2.45, 2.75) is 38.7 Å². The van der Waals surface area contributed by atoms with Gasteiger partial charge >= 0.3 is 0 Å². The Balaban J connectivity index is 1.64. The molecule has 0 atom stereocenters. The van der Waals surface area contributed by atoms with Crippen molar-refractivity contribution in [3.05, 3.63) is 48.5 Å². The molecule has 0 bridgehead atoms. The lowest BCUT2D eigenvalue weighted by Crippen LogP contribution is -2.47. The molecule has 0 aliphatic carbocycles. The van der Waals surface area contributed by atoms with Crippen LogP contribution in [0.15, 0.2) is 48.5 Å². The number of hydrogen-bond acceptors (Lipinski definition) is 4. The second-order valence-corrected chi connectivity index (χ2v) is 7.71. The van der Waals surface area contributed by atoms with Gasteiger partial charge < -0.3 is 20.1 Å². The van der Waals surface area contributed by atoms with Crippen LogP contribution in [0.1, 0.15) is 33.1 Å². The number of amides is 1. The van der Waals surface area contributed by atoms with Crippen LogP contribution in [-0.4, -0.2) is 42.9 Å². The van der Waals surface area contributed by atoms with Gasteiger partial charge in [-0.2, -0.15) is 0 Å². The number of aliphatic hydroxyl groups excluding tert-OH is 1. The Hall–Kier alpha value is -2.53. The molecule has 28 heavy (non-hydrogen) atoms. The van der Waals surface area contributed by atoms with Gasteiger partial charge in [-0.05, 0) is 68.5 Å². The van der Waals surface area contributed by atoms with Gasteiger partial charge in [0.15, 0.2) is 5.60 Å². The summed E-state index contributed by atoms with van der Waals surface area (Å²) in [6.07, 6.45) is 3.89. The third-order valence-corrected chi connectivity index (χ3v) is 5.09. The number of ether oxygens (including phenoxy) is 1. The maximum Gasteiger partial charge on any atom is 0.263 e. The van der Waals surface area contributed by atoms with Crippen LogP contribution in [0, 0.1) is 0 Å². The summed E-state index contributed by atoms with van der Waals surface area (Å²) in [4.78, 5) is 14.6. The smallest absolute Gasteiger partial charge is 0.263 e. The van der Waals surface area contributed by atoms with Gasteiger partial charge in [-0.3, -0.25) is 4.79 Å². The first-order chi connectivity index (χ1) is 13.5. The van der Waals surface area contributed by atoms with E-state index in [9.17, 15) is 4.79 Å². The fourth-order valence-corrected chi connectivity index (χ4v) is 3.46. The van der Waals surface area contributed by atoms with Crippen molar-refractivity contribution in [1.82, 2.24) is 5.32 Å². The number of benzene rings is 2. The zero-order valence-corrected chi connectivity index (χ0v) is 16.8. The highest BCUT2D eigenvalue weighted by atomic mass is 16.5. The number of aliphatic hydroxyl groups is 1. The van der Waals surface area contributed by atoms with Crippen LogP contribution in [-0.2, 0) is 4.79 Å². The van der Waals surface area contributed by atoms with E-state index in [2.05, 4.69) is 34.5 Å². The average molecular weight is 383 g/mol. The maximum atomic E-state index is 12.1. The first-order valence-electron chi connectivity index (χ1n) is 10.0. The molecule has 1 heterocycles. The Morgan fingerprint density at radius 3 is 2.14 bits per heavy atom. The maximum absolute atomic E-state index is 12.1. The lowest BCUT2D eigenvalue weighted by Gasteiger charge is -2.28. The van der Waals surface area contributed by atoms with E-state index in [1.54, 1.807) is 13.8 Å². The number of nitrogens with zero attached hydrogens (tertiary/aromatic N) is 1. The van der Waals surface area contributed by atoms with Gasteiger partial charge in [0.05, 0.1) is 6.61 Å². The number of carbonyl (C=O) groups excluding carboxylic acids is 1. The van der Waals surface area contributed by atoms with Gasteiger partial charge in [-0.1, -0.05) is 24.3 Å². The molecular weight excluding hydrogens is 352 g/mol. The number of anilines is 1. The van der Waals surface area contributed by atoms with E-state index in [-0.39, 0.29) is 19.1 Å². The van der Waals surface area contributed by atoms with Crippen LogP contribution >= 0.6 is 0 Å². The molecule has 2 N–H and O–H groups in total. The fraction of sp³-hybridized carbons (Fsp3) is 0.435. The summed E-state index contributed by atoms with van der Waals surface area (Å²) in [5.74, 6) is 0.386. The molecule has 1 aliphatic heterocycles. The third-order valence-electron chi connectivity index (χ3n) is 5.09. The quantitative estimate of drug-likeness (QED) is 0.768. The lowest BCUT2D eigenvalue weighted by molar-refractivity contribution is -0.134. The molecule has 0 saturated carbocycles. The predicted molar refractivity (Wildman–Crippen MR) is 113 cm³/mol. The first-order valence-corrected chi connectivity index (χ1v) is 10.0. The summed E-state index contributed by atoms with van der Waals surface area (Å²) in [5, 5.41) is 11.5. The minimum atomic E-state index is -1.01. The summed E-state index contributed by atoms with van der Waals surface area (Å²) in [7, 11) is 0. The van der Waals surface area contributed by atoms with Crippen molar-refractivity contribution in [3.63, 3.8) is 0 Å². The Labute approximate surface area is 167 Å². The highest BCUT2D eigenvalue weighted by Crippen LogP contribution is 2.27. The number of nitrogens with one attached hydrogen (secondary N) is 1. The van der Waals surface area contributed by atoms with Gasteiger partial charge in [0, 0.05) is 25.3 Å². The highest BCUT2D eigenvalue weighted by Gasteiger charge is 2.29. The Morgan fingerprint density at radius 1 is 1.00 bits per heavy atom. The summed E-state index contributed by atoms with van der Waals surface area (Å²) in [6, 6.07) is 16.5. The van der Waals surface area contributed by atoms with Crippen LogP contribution < -0.4 is 15.0 Å². The summed E-state index contributed by atoms with van der Waals surface area (Å²) >= 11 is 0. The molecule has 2 aromatic carbocycles. The fourth-order valence-electron chi connectivity index (χ4n) is 3.46. The topological polar surface area (TPSA) is 61.8 Å². The first kappa shape index (κ1) is 20.2. The molecular formula is C23H30N2O3. The molecule has 0 unspecified atom stereocenters. The monoisotopic (exact) mass is 382 g/mol. The van der Waals surface area contributed by atoms with Crippen molar-refractivity contribution in [2.24, 2.45) is 0 Å². The van der Waals surface area contributed by atoms with Crippen molar-refractivity contribution >= 4 is 11.6 Å². The van der Waals surface area contributed by atoms with Crippen molar-refractivity contribution in [1.29, 1.82) is 0 Å². The van der Waals surface area contributed by atoms with E-state index in [0.717, 1.165) is 24.2 Å². The van der Waals surface area contributed by atoms with E-state index in [0.29, 0.717) is 5.75 Å². The lowest BCUT2D eigenvalue weighted by atomic mass is 10.0. The van der Waals surface area contributed by atoms with Gasteiger partial charge in [0.25, 0.3) is 5.91 Å². The molecule has 150 valence electrons. The second kappa shape index (κ2) is 9.11. The van der Waals surface area contributed by atoms with Crippen molar-refractivity contribution in [2.75, 3.05) is 31.1 Å². The number of hydrogen-bond donors (Lipinski definition) is 2. The largest absolute Gasteiger partial charge is 0.478 e. The minimum absolute atomic E-state index is 0.0902. The molecule has 1 saturated heterocycles. The van der Waals surface area contributed by atoms with E-state index in [1.165, 1.54) is 24.9 Å². The normalized spacial score (nSPS) is 14.6. The molecule has 0 aromatic heterocycles. The molecule has 0 radical (unpaired) electrons. The number of carbonyl (C=O) groups is 1. The van der Waals surface area contributed by atoms with Crippen LogP contribution in [0.2, 0.25) is 0 Å². The Bertz CT molecular complexity index is 763. The molecule has 1 fully saturated rings. The summed E-state index contributed by atoms with van der Waals surface area (Å²) in [6.45, 7) is 5.85. The van der Waals surface area contributed by atoms with Gasteiger partial charge in [-0.15, -0.1) is 0 Å². The third kappa shape index (κ3) is 5.04. The van der Waals surface area contributed by atoms with Crippen LogP contribution in [0.25, 0.3) is 11.1 Å². The zero-order valence-electron chi connectivity index (χ0n) is 16.8. The van der Waals surface area contributed by atoms with Gasteiger partial charge in [0.2, 0.25) is 0 Å². The zero-order chi connectivity index (χ0) is 20.0. The Kier molecular flexibility index (Phi) is 6.57. The molecule has 5 heteroatoms. The van der Waals surface area contributed by atoms with Crippen LogP contribution in [0.4, 0.5) is 5.69 Å². The molecule has 5 nitrogen and oxygen atoms in total. The average Bonchev–Trinajstić information content (AvgIpc) is 2.73. The standard InChI is InChI=1S/C23H30N2O3/c1-23(2,22(27)24-14-17-26)28-21-12-8-19(9-13-21)18-6-10-20(11-7-18)25-15-4-3-5-16-25/h6-13,26H,3-5,14-17H2,1-2H3,(H,24,27). The van der Waals surface area contributed by atoms with Crippen LogP contribution in [0.5, 0.6) is 5.75 Å². The van der Waals surface area contributed by atoms with Gasteiger partial charge in [-0.25, -0.2) is 0 Å². The van der Waals surface area contributed by atoms with E-state index in [1.807, 2.05) is 24.3 Å². The number of piperidine rings is 1.